The Hall–Kier alpha value is -2.03. The fraction of sp³-hybridized carbons (Fsp3) is 0.412. The van der Waals surface area contributed by atoms with E-state index in [1.165, 1.54) is 31.2 Å². The lowest BCUT2D eigenvalue weighted by molar-refractivity contribution is -0.145. The van der Waals surface area contributed by atoms with Gasteiger partial charge in [0, 0.05) is 13.5 Å². The van der Waals surface area contributed by atoms with Crippen LogP contribution < -0.4 is 0 Å². The van der Waals surface area contributed by atoms with Gasteiger partial charge in [-0.1, -0.05) is 17.7 Å². The van der Waals surface area contributed by atoms with Crippen molar-refractivity contribution in [3.8, 4) is 0 Å². The highest BCUT2D eigenvalue weighted by Crippen LogP contribution is 2.26. The first-order chi connectivity index (χ1) is 11.8. The summed E-state index contributed by atoms with van der Waals surface area (Å²) in [4.78, 5) is 23.4. The van der Waals surface area contributed by atoms with Crippen LogP contribution in [0.4, 0.5) is 0 Å². The minimum Gasteiger partial charge on any atom is -0.464 e. The van der Waals surface area contributed by atoms with Crippen LogP contribution in [0.15, 0.2) is 41.3 Å². The maximum Gasteiger partial charge on any atom is 0.302 e. The van der Waals surface area contributed by atoms with Crippen LogP contribution in [0.1, 0.15) is 19.4 Å². The molecule has 0 fully saturated rings. The molecule has 0 unspecified atom stereocenters. The molecule has 0 radical (unpaired) electrons. The Balaban J connectivity index is 2.47. The van der Waals surface area contributed by atoms with E-state index in [0.717, 1.165) is 9.87 Å². The van der Waals surface area contributed by atoms with Gasteiger partial charge in [-0.3, -0.25) is 9.59 Å². The minimum absolute atomic E-state index is 0.0405. The molecule has 1 aromatic carbocycles. The fourth-order valence-corrected chi connectivity index (χ4v) is 4.09. The number of aryl methyl sites for hydroxylation is 1. The van der Waals surface area contributed by atoms with E-state index in [-0.39, 0.29) is 18.1 Å². The largest absolute Gasteiger partial charge is 0.464 e. The molecule has 0 aliphatic carbocycles. The molecule has 0 amide bonds. The van der Waals surface area contributed by atoms with Crippen molar-refractivity contribution in [3.05, 3.63) is 42.0 Å². The lowest BCUT2D eigenvalue weighted by atomic mass is 10.1. The first-order valence-corrected chi connectivity index (χ1v) is 9.28. The third-order valence-electron chi connectivity index (χ3n) is 3.69. The van der Waals surface area contributed by atoms with Crippen LogP contribution in [0.2, 0.25) is 0 Å². The van der Waals surface area contributed by atoms with Gasteiger partial charge in [-0.15, -0.1) is 0 Å². The van der Waals surface area contributed by atoms with E-state index in [1.54, 1.807) is 19.1 Å². The van der Waals surface area contributed by atoms with Gasteiger partial charge in [-0.05, 0) is 38.1 Å². The van der Waals surface area contributed by atoms with Crippen molar-refractivity contribution in [2.75, 3.05) is 13.2 Å². The number of benzene rings is 1. The maximum atomic E-state index is 13.1. The van der Waals surface area contributed by atoms with Crippen molar-refractivity contribution in [1.82, 2.24) is 4.31 Å². The Bertz CT molecular complexity index is 769. The molecule has 0 saturated carbocycles. The molecule has 1 aromatic rings. The number of hydrogen-bond acceptors (Lipinski definition) is 6. The summed E-state index contributed by atoms with van der Waals surface area (Å²) in [7, 11) is -4.04. The highest BCUT2D eigenvalue weighted by molar-refractivity contribution is 7.89. The molecule has 136 valence electrons. The van der Waals surface area contributed by atoms with Gasteiger partial charge >= 0.3 is 5.97 Å². The van der Waals surface area contributed by atoms with Crippen LogP contribution >= 0.6 is 0 Å². The van der Waals surface area contributed by atoms with E-state index < -0.39 is 34.0 Å². The topological polar surface area (TPSA) is 90.0 Å². The van der Waals surface area contributed by atoms with Crippen LogP contribution in [0.3, 0.4) is 0 Å². The molecule has 0 saturated heterocycles. The second-order valence-corrected chi connectivity index (χ2v) is 7.42. The molecular weight excluding hydrogens is 346 g/mol. The third kappa shape index (κ3) is 4.33. The molecule has 1 aliphatic heterocycles. The van der Waals surface area contributed by atoms with Crippen LogP contribution in [-0.2, 0) is 29.1 Å². The first kappa shape index (κ1) is 19.3. The fourth-order valence-electron chi connectivity index (χ4n) is 2.46. The van der Waals surface area contributed by atoms with Gasteiger partial charge in [0.05, 0.1) is 4.90 Å². The van der Waals surface area contributed by atoms with Crippen molar-refractivity contribution < 1.29 is 27.5 Å². The third-order valence-corrected chi connectivity index (χ3v) is 5.58. The summed E-state index contributed by atoms with van der Waals surface area (Å²) in [6.45, 7) is 4.65. The van der Waals surface area contributed by atoms with Crippen LogP contribution in [0.25, 0.3) is 0 Å². The zero-order valence-corrected chi connectivity index (χ0v) is 15.2. The molecule has 1 heterocycles. The standard InChI is InChI=1S/C17H21NO6S/c1-4-23-17-10-9-16(20)15(11-24-13(3)19)18(17)25(21,22)14-7-5-12(2)6-8-14/h5-10,15,17H,4,11H2,1-3H3/t15-,17-/m1/s1. The molecule has 0 bridgehead atoms. The molecule has 0 aromatic heterocycles. The van der Waals surface area contributed by atoms with Crippen molar-refractivity contribution in [1.29, 1.82) is 0 Å². The first-order valence-electron chi connectivity index (χ1n) is 7.84. The highest BCUT2D eigenvalue weighted by atomic mass is 32.2. The second kappa shape index (κ2) is 7.90. The van der Waals surface area contributed by atoms with Gasteiger partial charge < -0.3 is 9.47 Å². The zero-order chi connectivity index (χ0) is 18.6. The Morgan fingerprint density at radius 1 is 1.24 bits per heavy atom. The zero-order valence-electron chi connectivity index (χ0n) is 14.3. The summed E-state index contributed by atoms with van der Waals surface area (Å²) >= 11 is 0. The maximum absolute atomic E-state index is 13.1. The number of ketones is 1. The van der Waals surface area contributed by atoms with Crippen LogP contribution in [0.5, 0.6) is 0 Å². The molecule has 0 spiro atoms. The number of nitrogens with zero attached hydrogens (tertiary/aromatic N) is 1. The van der Waals surface area contributed by atoms with Crippen molar-refractivity contribution >= 4 is 21.8 Å². The summed E-state index contributed by atoms with van der Waals surface area (Å²) < 4.78 is 37.6. The van der Waals surface area contributed by atoms with E-state index in [9.17, 15) is 18.0 Å². The van der Waals surface area contributed by atoms with Gasteiger partial charge in [-0.25, -0.2) is 8.42 Å². The van der Waals surface area contributed by atoms with Gasteiger partial charge in [0.2, 0.25) is 10.0 Å². The van der Waals surface area contributed by atoms with Crippen molar-refractivity contribution in [2.45, 2.75) is 37.9 Å². The Labute approximate surface area is 147 Å². The Kier molecular flexibility index (Phi) is 6.10. The summed E-state index contributed by atoms with van der Waals surface area (Å²) in [5, 5.41) is 0. The van der Waals surface area contributed by atoms with E-state index >= 15 is 0 Å². The highest BCUT2D eigenvalue weighted by Gasteiger charge is 2.43. The summed E-state index contributed by atoms with van der Waals surface area (Å²) in [6, 6.07) is 5.12. The number of esters is 1. The lowest BCUT2D eigenvalue weighted by Gasteiger charge is -2.36. The summed E-state index contributed by atoms with van der Waals surface area (Å²) in [5.41, 5.74) is 0.909. The monoisotopic (exact) mass is 367 g/mol. The Morgan fingerprint density at radius 3 is 2.44 bits per heavy atom. The molecule has 0 N–H and O–H groups in total. The number of rotatable bonds is 6. The van der Waals surface area contributed by atoms with Crippen molar-refractivity contribution in [2.24, 2.45) is 0 Å². The molecule has 2 atom stereocenters. The molecule has 1 aliphatic rings. The minimum atomic E-state index is -4.04. The molecular formula is C17H21NO6S. The normalized spacial score (nSPS) is 21.3. The van der Waals surface area contributed by atoms with E-state index in [4.69, 9.17) is 9.47 Å². The van der Waals surface area contributed by atoms with E-state index in [0.29, 0.717) is 0 Å². The van der Waals surface area contributed by atoms with Gasteiger partial charge in [0.1, 0.15) is 18.9 Å². The number of carbonyl (C=O) groups excluding carboxylic acids is 2. The molecule has 8 heteroatoms. The number of ether oxygens (including phenoxy) is 2. The van der Waals surface area contributed by atoms with Gasteiger partial charge in [0.25, 0.3) is 0 Å². The molecule has 7 nitrogen and oxygen atoms in total. The second-order valence-electron chi connectivity index (χ2n) is 5.57. The summed E-state index contributed by atoms with van der Waals surface area (Å²) in [5.74, 6) is -1.06. The van der Waals surface area contributed by atoms with Crippen molar-refractivity contribution in [3.63, 3.8) is 0 Å². The smallest absolute Gasteiger partial charge is 0.302 e. The number of sulfonamides is 1. The number of carbonyl (C=O) groups is 2. The van der Waals surface area contributed by atoms with E-state index in [2.05, 4.69) is 0 Å². The number of hydrogen-bond donors (Lipinski definition) is 0. The van der Waals surface area contributed by atoms with E-state index in [1.807, 2.05) is 6.92 Å². The SMILES string of the molecule is CCO[C@@H]1C=CC(=O)[C@@H](COC(C)=O)N1S(=O)(=O)c1ccc(C)cc1. The Morgan fingerprint density at radius 2 is 1.88 bits per heavy atom. The van der Waals surface area contributed by atoms with Crippen LogP contribution in [-0.4, -0.2) is 50.0 Å². The lowest BCUT2D eigenvalue weighted by Crippen LogP contribution is -2.55. The molecule has 2 rings (SSSR count). The van der Waals surface area contributed by atoms with Gasteiger partial charge in [0.15, 0.2) is 5.78 Å². The van der Waals surface area contributed by atoms with Crippen LogP contribution in [0, 0.1) is 6.92 Å². The average molecular weight is 367 g/mol. The quantitative estimate of drug-likeness (QED) is 0.707. The van der Waals surface area contributed by atoms with Gasteiger partial charge in [-0.2, -0.15) is 4.31 Å². The predicted molar refractivity (Wildman–Crippen MR) is 90.2 cm³/mol. The average Bonchev–Trinajstić information content (AvgIpc) is 2.55. The predicted octanol–water partition coefficient (Wildman–Crippen LogP) is 1.42. The summed E-state index contributed by atoms with van der Waals surface area (Å²) in [6.07, 6.45) is 1.70. The molecule has 25 heavy (non-hydrogen) atoms.